The van der Waals surface area contributed by atoms with Crippen LogP contribution in [0.25, 0.3) is 11.0 Å². The Morgan fingerprint density at radius 1 is 1.09 bits per heavy atom. The van der Waals surface area contributed by atoms with E-state index in [1.807, 2.05) is 18.2 Å². The van der Waals surface area contributed by atoms with E-state index < -0.39 is 5.56 Å². The first kappa shape index (κ1) is 21.3. The number of carbonyl (C=O) groups is 1. The van der Waals surface area contributed by atoms with Crippen LogP contribution in [0.1, 0.15) is 16.1 Å². The van der Waals surface area contributed by atoms with E-state index in [1.54, 1.807) is 32.4 Å². The van der Waals surface area contributed by atoms with Gasteiger partial charge in [-0.3, -0.25) is 9.59 Å². The van der Waals surface area contributed by atoms with E-state index in [4.69, 9.17) is 19.9 Å². The van der Waals surface area contributed by atoms with Crippen molar-refractivity contribution in [2.45, 2.75) is 6.42 Å². The van der Waals surface area contributed by atoms with E-state index in [9.17, 15) is 9.59 Å². The molecule has 0 amide bonds. The molecule has 1 aromatic carbocycles. The zero-order valence-electron chi connectivity index (χ0n) is 17.6. The van der Waals surface area contributed by atoms with Gasteiger partial charge < -0.3 is 19.9 Å². The number of aromatic nitrogens is 3. The summed E-state index contributed by atoms with van der Waals surface area (Å²) in [6, 6.07) is 5.61. The van der Waals surface area contributed by atoms with E-state index in [0.717, 1.165) is 10.6 Å². The molecule has 164 valence electrons. The Morgan fingerprint density at radius 2 is 1.88 bits per heavy atom. The Morgan fingerprint density at radius 3 is 2.59 bits per heavy atom. The molecule has 0 aliphatic heterocycles. The number of ketones is 1. The summed E-state index contributed by atoms with van der Waals surface area (Å²) in [7, 11) is 4.57. The van der Waals surface area contributed by atoms with Crippen LogP contribution < -0.4 is 20.8 Å². The van der Waals surface area contributed by atoms with Crippen molar-refractivity contribution in [1.29, 1.82) is 0 Å². The van der Waals surface area contributed by atoms with E-state index in [2.05, 4.69) is 10.1 Å². The zero-order chi connectivity index (χ0) is 22.8. The van der Waals surface area contributed by atoms with Crippen LogP contribution in [0, 0.1) is 0 Å². The molecule has 0 saturated heterocycles. The summed E-state index contributed by atoms with van der Waals surface area (Å²) in [4.78, 5) is 28.9. The average Bonchev–Trinajstić information content (AvgIpc) is 3.19. The normalized spacial score (nSPS) is 14.7. The topological polar surface area (TPSA) is 118 Å². The number of methoxy groups -OCH3 is 3. The first-order chi connectivity index (χ1) is 15.4. The van der Waals surface area contributed by atoms with Gasteiger partial charge in [-0.05, 0) is 41.5 Å². The van der Waals surface area contributed by atoms with Gasteiger partial charge in [0.05, 0.1) is 26.9 Å². The van der Waals surface area contributed by atoms with Gasteiger partial charge in [0.15, 0.2) is 17.3 Å². The lowest BCUT2D eigenvalue weighted by Crippen LogP contribution is -2.17. The highest BCUT2D eigenvalue weighted by atomic mass is 32.1. The molecule has 9 nitrogen and oxygen atoms in total. The third-order valence-electron chi connectivity index (χ3n) is 4.84. The first-order valence-electron chi connectivity index (χ1n) is 9.52. The van der Waals surface area contributed by atoms with E-state index in [1.165, 1.54) is 29.0 Å². The number of anilines is 1. The molecule has 10 heteroatoms. The number of hydrogen-bond donors (Lipinski definition) is 1. The third kappa shape index (κ3) is 4.00. The molecule has 0 atom stereocenters. The van der Waals surface area contributed by atoms with Crippen LogP contribution in [-0.4, -0.2) is 41.7 Å². The lowest BCUT2D eigenvalue weighted by Gasteiger charge is -2.08. The molecule has 0 fully saturated rings. The Bertz CT molecular complexity index is 1370. The van der Waals surface area contributed by atoms with Gasteiger partial charge in [0.1, 0.15) is 10.8 Å². The Labute approximate surface area is 187 Å². The van der Waals surface area contributed by atoms with Gasteiger partial charge >= 0.3 is 0 Å². The van der Waals surface area contributed by atoms with Crippen LogP contribution in [0.5, 0.6) is 11.5 Å². The van der Waals surface area contributed by atoms with Crippen LogP contribution in [-0.2, 0) is 16.0 Å². The standard InChI is InChI=1S/C22H20N4O5S/c1-29-16-7-5-13(10-18(16)31-3)11-19-25-26-20(23)14(21(28)24-22(26)32-19)8-12-4-6-15(27)17(9-12)30-2/h4-10H,11,23H2,1-3H3. The number of carbonyl (C=O) groups excluding carboxylic acids is 1. The van der Waals surface area contributed by atoms with E-state index >= 15 is 0 Å². The predicted molar refractivity (Wildman–Crippen MR) is 121 cm³/mol. The summed E-state index contributed by atoms with van der Waals surface area (Å²) in [5.74, 6) is 1.35. The predicted octanol–water partition coefficient (Wildman–Crippen LogP) is 2.39. The van der Waals surface area contributed by atoms with Gasteiger partial charge in [-0.1, -0.05) is 23.5 Å². The molecule has 0 unspecified atom stereocenters. The van der Waals surface area contributed by atoms with Gasteiger partial charge in [-0.2, -0.15) is 14.6 Å². The molecule has 0 spiro atoms. The highest BCUT2D eigenvalue weighted by Gasteiger charge is 2.16. The summed E-state index contributed by atoms with van der Waals surface area (Å²) in [6.45, 7) is 0. The van der Waals surface area contributed by atoms with Crippen molar-refractivity contribution in [3.63, 3.8) is 0 Å². The summed E-state index contributed by atoms with van der Waals surface area (Å²) >= 11 is 1.28. The quantitative estimate of drug-likeness (QED) is 0.606. The number of hydrogen-bond acceptors (Lipinski definition) is 9. The molecular formula is C22H20N4O5S. The molecule has 2 aromatic heterocycles. The van der Waals surface area contributed by atoms with E-state index in [-0.39, 0.29) is 22.9 Å². The number of nitrogens with two attached hydrogens (primary N) is 1. The average molecular weight is 452 g/mol. The second-order valence-electron chi connectivity index (χ2n) is 6.83. The van der Waals surface area contributed by atoms with Gasteiger partial charge in [0.25, 0.3) is 5.56 Å². The molecule has 1 aliphatic carbocycles. The fourth-order valence-corrected chi connectivity index (χ4v) is 4.16. The number of allylic oxidation sites excluding steroid dienone is 4. The number of nitrogens with zero attached hydrogens (tertiary/aromatic N) is 3. The highest BCUT2D eigenvalue weighted by molar-refractivity contribution is 7.16. The van der Waals surface area contributed by atoms with Crippen LogP contribution in [0.2, 0.25) is 0 Å². The fourth-order valence-electron chi connectivity index (χ4n) is 3.23. The van der Waals surface area contributed by atoms with Crippen molar-refractivity contribution in [3.8, 4) is 11.5 Å². The van der Waals surface area contributed by atoms with Crippen molar-refractivity contribution >= 4 is 34.0 Å². The lowest BCUT2D eigenvalue weighted by atomic mass is 10.0. The van der Waals surface area contributed by atoms with Crippen LogP contribution in [0.4, 0.5) is 5.82 Å². The van der Waals surface area contributed by atoms with Gasteiger partial charge in [0.2, 0.25) is 10.7 Å². The molecule has 0 saturated carbocycles. The maximum atomic E-state index is 12.6. The van der Waals surface area contributed by atoms with Crippen molar-refractivity contribution in [2.24, 2.45) is 0 Å². The van der Waals surface area contributed by atoms with Gasteiger partial charge in [0, 0.05) is 6.42 Å². The number of benzene rings is 1. The second kappa shape index (κ2) is 8.67. The zero-order valence-corrected chi connectivity index (χ0v) is 18.4. The molecule has 32 heavy (non-hydrogen) atoms. The Balaban J connectivity index is 1.70. The molecule has 0 radical (unpaired) electrons. The van der Waals surface area contributed by atoms with Crippen LogP contribution in [0.15, 0.2) is 52.6 Å². The largest absolute Gasteiger partial charge is 0.493 e. The van der Waals surface area contributed by atoms with E-state index in [0.29, 0.717) is 28.5 Å². The summed E-state index contributed by atoms with van der Waals surface area (Å²) < 4.78 is 17.1. The Kier molecular flexibility index (Phi) is 5.78. The molecule has 3 aromatic rings. The molecule has 1 aliphatic rings. The lowest BCUT2D eigenvalue weighted by molar-refractivity contribution is -0.114. The van der Waals surface area contributed by atoms with Gasteiger partial charge in [-0.15, -0.1) is 0 Å². The SMILES string of the molecule is COC1=CC(=Cc2c(N)n3nc(Cc4ccc(OC)c(OC)c4)sc3nc2=O)C=CC1=O. The second-order valence-corrected chi connectivity index (χ2v) is 7.87. The summed E-state index contributed by atoms with van der Waals surface area (Å²) in [5.41, 5.74) is 7.52. The summed E-state index contributed by atoms with van der Waals surface area (Å²) in [5, 5.41) is 5.27. The number of ether oxygens (including phenoxy) is 3. The first-order valence-corrected chi connectivity index (χ1v) is 10.3. The van der Waals surface area contributed by atoms with Crippen LogP contribution >= 0.6 is 11.3 Å². The van der Waals surface area contributed by atoms with Crippen molar-refractivity contribution < 1.29 is 19.0 Å². The maximum absolute atomic E-state index is 12.6. The third-order valence-corrected chi connectivity index (χ3v) is 5.74. The molecule has 2 heterocycles. The Hall–Kier alpha value is -3.92. The van der Waals surface area contributed by atoms with Crippen molar-refractivity contribution in [1.82, 2.24) is 14.6 Å². The van der Waals surface area contributed by atoms with Crippen LogP contribution in [0.3, 0.4) is 0 Å². The summed E-state index contributed by atoms with van der Waals surface area (Å²) in [6.07, 6.45) is 6.56. The molecule has 0 bridgehead atoms. The van der Waals surface area contributed by atoms with Crippen molar-refractivity contribution in [2.75, 3.05) is 27.1 Å². The molecule has 2 N–H and O–H groups in total. The number of rotatable bonds is 6. The maximum Gasteiger partial charge on any atom is 0.283 e. The minimum atomic E-state index is -0.478. The number of nitrogen functional groups attached to an aromatic ring is 1. The molecule has 4 rings (SSSR count). The van der Waals surface area contributed by atoms with Gasteiger partial charge in [-0.25, -0.2) is 0 Å². The number of fused-ring (bicyclic) bond motifs is 1. The smallest absolute Gasteiger partial charge is 0.283 e. The monoisotopic (exact) mass is 452 g/mol. The minimum Gasteiger partial charge on any atom is -0.493 e. The highest BCUT2D eigenvalue weighted by Crippen LogP contribution is 2.29. The van der Waals surface area contributed by atoms with Crippen molar-refractivity contribution in [3.05, 3.63) is 74.2 Å². The fraction of sp³-hybridized carbons (Fsp3) is 0.182. The minimum absolute atomic E-state index is 0.167. The molecular weight excluding hydrogens is 432 g/mol.